The molecule has 4 aromatic rings. The summed E-state index contributed by atoms with van der Waals surface area (Å²) in [6.07, 6.45) is 5.70. The zero-order valence-electron chi connectivity index (χ0n) is 14.3. The fourth-order valence-corrected chi connectivity index (χ4v) is 3.19. The molecule has 26 heavy (non-hydrogen) atoms. The normalized spacial score (nSPS) is 10.4. The van der Waals surface area contributed by atoms with E-state index in [1.165, 1.54) is 0 Å². The lowest BCUT2D eigenvalue weighted by atomic mass is 10.0. The summed E-state index contributed by atoms with van der Waals surface area (Å²) in [7, 11) is 0. The van der Waals surface area contributed by atoms with Crippen LogP contribution >= 0.6 is 0 Å². The Labute approximate surface area is 153 Å². The Morgan fingerprint density at radius 1 is 0.692 bits per heavy atom. The second-order valence-electron chi connectivity index (χ2n) is 6.02. The minimum Gasteiger partial charge on any atom is -0.312 e. The van der Waals surface area contributed by atoms with Gasteiger partial charge in [-0.1, -0.05) is 96.9 Å². The summed E-state index contributed by atoms with van der Waals surface area (Å²) in [5.74, 6) is 3.68. The highest BCUT2D eigenvalue weighted by atomic mass is 15.1. The minimum absolute atomic E-state index is 0.467. The smallest absolute Gasteiger partial charge is 0.142 e. The average molecular weight is 334 g/mol. The van der Waals surface area contributed by atoms with E-state index < -0.39 is 0 Å². The molecule has 0 spiro atoms. The third-order valence-electron chi connectivity index (χ3n) is 4.34. The van der Waals surface area contributed by atoms with Crippen molar-refractivity contribution in [2.75, 3.05) is 0 Å². The summed E-state index contributed by atoms with van der Waals surface area (Å²) >= 11 is 0. The summed E-state index contributed by atoms with van der Waals surface area (Å²) in [5, 5.41) is 0. The van der Waals surface area contributed by atoms with Gasteiger partial charge in [-0.25, -0.2) is 4.98 Å². The first-order valence-corrected chi connectivity index (χ1v) is 8.58. The third kappa shape index (κ3) is 2.92. The van der Waals surface area contributed by atoms with Gasteiger partial charge in [0.1, 0.15) is 5.82 Å². The molecule has 0 N–H and O–H groups in total. The number of rotatable bonds is 4. The molecule has 0 bridgehead atoms. The molecule has 0 unspecified atom stereocenters. The molecule has 0 aliphatic heterocycles. The van der Waals surface area contributed by atoms with Crippen LogP contribution in [0, 0.1) is 12.3 Å². The Bertz CT molecular complexity index is 1040. The molecule has 0 saturated heterocycles. The fourth-order valence-electron chi connectivity index (χ4n) is 3.19. The summed E-state index contributed by atoms with van der Waals surface area (Å²) in [6.45, 7) is 0.467. The molecule has 1 heterocycles. The molecule has 3 aromatic carbocycles. The molecule has 0 fully saturated rings. The largest absolute Gasteiger partial charge is 0.312 e. The van der Waals surface area contributed by atoms with Crippen molar-refractivity contribution in [2.24, 2.45) is 0 Å². The number of aromatic nitrogens is 2. The van der Waals surface area contributed by atoms with E-state index in [4.69, 9.17) is 11.4 Å². The Morgan fingerprint density at radius 2 is 1.19 bits per heavy atom. The maximum absolute atomic E-state index is 5.70. The standard InChI is InChI=1S/C24H18N2/c1-2-18-26-23(20-14-8-4-9-15-20)22(19-12-6-3-7-13-19)25-24(26)21-16-10-5-11-17-21/h1,3-17H,18H2. The van der Waals surface area contributed by atoms with Crippen molar-refractivity contribution in [1.29, 1.82) is 0 Å². The Morgan fingerprint density at radius 3 is 1.73 bits per heavy atom. The molecule has 124 valence electrons. The van der Waals surface area contributed by atoms with E-state index >= 15 is 0 Å². The van der Waals surface area contributed by atoms with E-state index in [1.807, 2.05) is 54.6 Å². The Kier molecular flexibility index (Phi) is 4.37. The molecule has 0 aliphatic rings. The summed E-state index contributed by atoms with van der Waals surface area (Å²) in [4.78, 5) is 5.01. The van der Waals surface area contributed by atoms with Crippen LogP contribution in [-0.4, -0.2) is 9.55 Å². The number of hydrogen-bond donors (Lipinski definition) is 0. The third-order valence-corrected chi connectivity index (χ3v) is 4.34. The van der Waals surface area contributed by atoms with Gasteiger partial charge in [0.05, 0.1) is 17.9 Å². The van der Waals surface area contributed by atoms with Gasteiger partial charge in [0, 0.05) is 16.7 Å². The van der Waals surface area contributed by atoms with Crippen molar-refractivity contribution in [2.45, 2.75) is 6.54 Å². The predicted octanol–water partition coefficient (Wildman–Crippen LogP) is 5.52. The van der Waals surface area contributed by atoms with Crippen LogP contribution in [0.5, 0.6) is 0 Å². The van der Waals surface area contributed by atoms with Crippen LogP contribution in [0.15, 0.2) is 91.0 Å². The first-order chi connectivity index (χ1) is 12.9. The molecular formula is C24H18N2. The van der Waals surface area contributed by atoms with Gasteiger partial charge in [0.2, 0.25) is 0 Å². The molecule has 0 saturated carbocycles. The van der Waals surface area contributed by atoms with Gasteiger partial charge in [0.25, 0.3) is 0 Å². The van der Waals surface area contributed by atoms with Gasteiger partial charge in [-0.15, -0.1) is 6.42 Å². The van der Waals surface area contributed by atoms with Crippen LogP contribution in [-0.2, 0) is 6.54 Å². The molecule has 0 atom stereocenters. The van der Waals surface area contributed by atoms with Crippen molar-refractivity contribution in [3.05, 3.63) is 91.0 Å². The molecule has 0 aliphatic carbocycles. The maximum Gasteiger partial charge on any atom is 0.142 e. The summed E-state index contributed by atoms with van der Waals surface area (Å²) in [5.41, 5.74) is 5.25. The molecule has 1 aromatic heterocycles. The van der Waals surface area contributed by atoms with Gasteiger partial charge in [-0.2, -0.15) is 0 Å². The quantitative estimate of drug-likeness (QED) is 0.450. The summed E-state index contributed by atoms with van der Waals surface area (Å²) in [6, 6.07) is 30.8. The number of nitrogens with zero attached hydrogens (tertiary/aromatic N) is 2. The number of hydrogen-bond acceptors (Lipinski definition) is 1. The van der Waals surface area contributed by atoms with Crippen LogP contribution in [0.25, 0.3) is 33.9 Å². The predicted molar refractivity (Wildman–Crippen MR) is 107 cm³/mol. The van der Waals surface area contributed by atoms with Crippen LogP contribution < -0.4 is 0 Å². The number of benzene rings is 3. The molecule has 0 amide bonds. The van der Waals surface area contributed by atoms with Crippen molar-refractivity contribution in [3.8, 4) is 46.2 Å². The lowest BCUT2D eigenvalue weighted by molar-refractivity contribution is 0.859. The van der Waals surface area contributed by atoms with Crippen molar-refractivity contribution >= 4 is 0 Å². The van der Waals surface area contributed by atoms with E-state index in [-0.39, 0.29) is 0 Å². The highest BCUT2D eigenvalue weighted by molar-refractivity contribution is 5.82. The van der Waals surface area contributed by atoms with Gasteiger partial charge in [-0.05, 0) is 0 Å². The lowest BCUT2D eigenvalue weighted by Gasteiger charge is -2.10. The van der Waals surface area contributed by atoms with Gasteiger partial charge in [0.15, 0.2) is 0 Å². The molecule has 4 rings (SSSR count). The van der Waals surface area contributed by atoms with Gasteiger partial charge in [-0.3, -0.25) is 0 Å². The van der Waals surface area contributed by atoms with Gasteiger partial charge < -0.3 is 4.57 Å². The first kappa shape index (κ1) is 15.9. The lowest BCUT2D eigenvalue weighted by Crippen LogP contribution is -2.01. The van der Waals surface area contributed by atoms with Crippen LogP contribution in [0.4, 0.5) is 0 Å². The molecular weight excluding hydrogens is 316 g/mol. The zero-order chi connectivity index (χ0) is 17.8. The van der Waals surface area contributed by atoms with Crippen LogP contribution in [0.3, 0.4) is 0 Å². The van der Waals surface area contributed by atoms with E-state index in [9.17, 15) is 0 Å². The number of terminal acetylenes is 1. The maximum atomic E-state index is 5.70. The molecule has 2 heteroatoms. The Balaban J connectivity index is 2.04. The van der Waals surface area contributed by atoms with Crippen LogP contribution in [0.1, 0.15) is 0 Å². The SMILES string of the molecule is C#CCn1c(-c2ccccc2)nc(-c2ccccc2)c1-c1ccccc1. The fraction of sp³-hybridized carbons (Fsp3) is 0.0417. The van der Waals surface area contributed by atoms with Crippen molar-refractivity contribution in [3.63, 3.8) is 0 Å². The van der Waals surface area contributed by atoms with E-state index in [0.29, 0.717) is 6.54 Å². The topological polar surface area (TPSA) is 17.8 Å². The second kappa shape index (κ2) is 7.13. The zero-order valence-corrected chi connectivity index (χ0v) is 14.3. The highest BCUT2D eigenvalue weighted by Gasteiger charge is 2.20. The van der Waals surface area contributed by atoms with Crippen molar-refractivity contribution < 1.29 is 0 Å². The first-order valence-electron chi connectivity index (χ1n) is 8.58. The Hall–Kier alpha value is -3.57. The highest BCUT2D eigenvalue weighted by Crippen LogP contribution is 2.36. The van der Waals surface area contributed by atoms with E-state index in [0.717, 1.165) is 33.9 Å². The van der Waals surface area contributed by atoms with E-state index in [2.05, 4.69) is 46.9 Å². The minimum atomic E-state index is 0.467. The molecule has 0 radical (unpaired) electrons. The monoisotopic (exact) mass is 334 g/mol. The van der Waals surface area contributed by atoms with Gasteiger partial charge >= 0.3 is 0 Å². The summed E-state index contributed by atoms with van der Waals surface area (Å²) < 4.78 is 2.13. The molecule has 2 nitrogen and oxygen atoms in total. The van der Waals surface area contributed by atoms with Crippen LogP contribution in [0.2, 0.25) is 0 Å². The second-order valence-corrected chi connectivity index (χ2v) is 6.02. The van der Waals surface area contributed by atoms with Crippen molar-refractivity contribution in [1.82, 2.24) is 9.55 Å². The average Bonchev–Trinajstić information content (AvgIpc) is 3.10. The number of imidazole rings is 1. The van der Waals surface area contributed by atoms with E-state index in [1.54, 1.807) is 0 Å².